The number of rotatable bonds is 5. The van der Waals surface area contributed by atoms with E-state index in [4.69, 9.17) is 23.2 Å². The molecule has 2 aromatic carbocycles. The maximum absolute atomic E-state index is 12.6. The summed E-state index contributed by atoms with van der Waals surface area (Å²) in [5, 5.41) is 6.93. The van der Waals surface area contributed by atoms with Crippen LogP contribution in [0.3, 0.4) is 0 Å². The second kappa shape index (κ2) is 8.37. The van der Waals surface area contributed by atoms with Crippen LogP contribution in [0.15, 0.2) is 48.8 Å². The van der Waals surface area contributed by atoms with Crippen molar-refractivity contribution < 1.29 is 4.79 Å². The number of amides is 1. The van der Waals surface area contributed by atoms with Gasteiger partial charge in [0.1, 0.15) is 12.1 Å². The third-order valence-electron chi connectivity index (χ3n) is 4.00. The summed E-state index contributed by atoms with van der Waals surface area (Å²) in [5.74, 6) is 0.437. The van der Waals surface area contributed by atoms with Crippen molar-refractivity contribution in [2.45, 2.75) is 20.3 Å². The number of carbonyl (C=O) groups is 1. The third kappa shape index (κ3) is 4.76. The molecule has 0 aliphatic heterocycles. The molecule has 2 N–H and O–H groups in total. The van der Waals surface area contributed by atoms with Crippen molar-refractivity contribution in [3.05, 3.63) is 75.7 Å². The largest absolute Gasteiger partial charge is 0.340 e. The molecule has 0 aliphatic rings. The number of halogens is 2. The average Bonchev–Trinajstić information content (AvgIpc) is 2.64. The molecule has 0 bridgehead atoms. The molecule has 0 aliphatic carbocycles. The van der Waals surface area contributed by atoms with E-state index in [1.807, 2.05) is 38.1 Å². The molecule has 3 aromatic rings. The predicted octanol–water partition coefficient (Wildman–Crippen LogP) is 5.65. The van der Waals surface area contributed by atoms with E-state index in [0.29, 0.717) is 21.4 Å². The molecule has 7 heteroatoms. The first-order valence-electron chi connectivity index (χ1n) is 8.41. The molecular weight excluding hydrogens is 383 g/mol. The van der Waals surface area contributed by atoms with Gasteiger partial charge in [-0.15, -0.1) is 0 Å². The van der Waals surface area contributed by atoms with Crippen molar-refractivity contribution in [3.8, 4) is 0 Å². The van der Waals surface area contributed by atoms with Gasteiger partial charge in [0.05, 0.1) is 10.0 Å². The Hall–Kier alpha value is -2.63. The van der Waals surface area contributed by atoms with E-state index in [2.05, 4.69) is 20.6 Å². The van der Waals surface area contributed by atoms with Crippen LogP contribution in [-0.2, 0) is 6.42 Å². The first-order valence-corrected chi connectivity index (χ1v) is 9.17. The number of nitrogens with zero attached hydrogens (tertiary/aromatic N) is 2. The van der Waals surface area contributed by atoms with Crippen LogP contribution in [0.25, 0.3) is 0 Å². The molecule has 0 unspecified atom stereocenters. The standard InChI is InChI=1S/C20H18Cl2N4O/c1-3-13-4-6-15(25-19-8-12(2)23-11-24-19)10-18(13)26-20(27)14-5-7-16(21)17(22)9-14/h4-11H,3H2,1-2H3,(H,26,27)(H,23,24,25). The van der Waals surface area contributed by atoms with Gasteiger partial charge in [0.2, 0.25) is 0 Å². The van der Waals surface area contributed by atoms with Crippen LogP contribution in [-0.4, -0.2) is 15.9 Å². The minimum Gasteiger partial charge on any atom is -0.340 e. The highest BCUT2D eigenvalue weighted by molar-refractivity contribution is 6.42. The van der Waals surface area contributed by atoms with Crippen LogP contribution in [0, 0.1) is 6.92 Å². The zero-order chi connectivity index (χ0) is 19.4. The Morgan fingerprint density at radius 2 is 1.85 bits per heavy atom. The molecule has 0 fully saturated rings. The van der Waals surface area contributed by atoms with Crippen LogP contribution in [0.4, 0.5) is 17.2 Å². The lowest BCUT2D eigenvalue weighted by Gasteiger charge is -2.13. The van der Waals surface area contributed by atoms with E-state index >= 15 is 0 Å². The molecule has 1 aromatic heterocycles. The summed E-state index contributed by atoms with van der Waals surface area (Å²) in [6.07, 6.45) is 2.29. The van der Waals surface area contributed by atoms with Crippen LogP contribution < -0.4 is 10.6 Å². The predicted molar refractivity (Wildman–Crippen MR) is 110 cm³/mol. The molecule has 0 spiro atoms. The lowest BCUT2D eigenvalue weighted by Crippen LogP contribution is -2.13. The van der Waals surface area contributed by atoms with Gasteiger partial charge in [0.15, 0.2) is 0 Å². The van der Waals surface area contributed by atoms with E-state index in [0.717, 1.165) is 29.1 Å². The summed E-state index contributed by atoms with van der Waals surface area (Å²) in [6.45, 7) is 3.93. The van der Waals surface area contributed by atoms with Crippen molar-refractivity contribution in [1.82, 2.24) is 9.97 Å². The normalized spacial score (nSPS) is 10.5. The Labute approximate surface area is 167 Å². The smallest absolute Gasteiger partial charge is 0.255 e. The van der Waals surface area contributed by atoms with Crippen molar-refractivity contribution in [2.24, 2.45) is 0 Å². The highest BCUT2D eigenvalue weighted by Gasteiger charge is 2.11. The first kappa shape index (κ1) is 19.1. The van der Waals surface area contributed by atoms with E-state index in [9.17, 15) is 4.79 Å². The van der Waals surface area contributed by atoms with E-state index in [1.54, 1.807) is 18.2 Å². The minimum absolute atomic E-state index is 0.252. The zero-order valence-electron chi connectivity index (χ0n) is 14.9. The van der Waals surface area contributed by atoms with Crippen LogP contribution in [0.5, 0.6) is 0 Å². The molecule has 27 heavy (non-hydrogen) atoms. The molecule has 0 radical (unpaired) electrons. The molecular formula is C20H18Cl2N4O. The zero-order valence-corrected chi connectivity index (χ0v) is 16.4. The lowest BCUT2D eigenvalue weighted by atomic mass is 10.1. The molecule has 0 saturated carbocycles. The van der Waals surface area contributed by atoms with Gasteiger partial charge < -0.3 is 10.6 Å². The number of carbonyl (C=O) groups excluding carboxylic acids is 1. The van der Waals surface area contributed by atoms with Gasteiger partial charge in [-0.3, -0.25) is 4.79 Å². The average molecular weight is 401 g/mol. The van der Waals surface area contributed by atoms with Gasteiger partial charge in [-0.05, 0) is 49.2 Å². The number of benzene rings is 2. The van der Waals surface area contributed by atoms with Crippen molar-refractivity contribution in [1.29, 1.82) is 0 Å². The first-order chi connectivity index (χ1) is 13.0. The molecule has 1 heterocycles. The second-order valence-corrected chi connectivity index (χ2v) is 6.79. The van der Waals surface area contributed by atoms with Gasteiger partial charge in [0, 0.05) is 28.7 Å². The Morgan fingerprint density at radius 1 is 1.04 bits per heavy atom. The Bertz CT molecular complexity index is 991. The van der Waals surface area contributed by atoms with Crippen LogP contribution >= 0.6 is 23.2 Å². The summed E-state index contributed by atoms with van der Waals surface area (Å²) < 4.78 is 0. The number of hydrogen-bond donors (Lipinski definition) is 2. The fourth-order valence-corrected chi connectivity index (χ4v) is 2.88. The highest BCUT2D eigenvalue weighted by Crippen LogP contribution is 2.26. The molecule has 0 atom stereocenters. The molecule has 138 valence electrons. The summed E-state index contributed by atoms with van der Waals surface area (Å²) in [6, 6.07) is 12.5. The topological polar surface area (TPSA) is 66.9 Å². The number of aromatic nitrogens is 2. The Morgan fingerprint density at radius 3 is 2.56 bits per heavy atom. The third-order valence-corrected chi connectivity index (χ3v) is 4.74. The van der Waals surface area contributed by atoms with Crippen molar-refractivity contribution >= 4 is 46.3 Å². The Balaban J connectivity index is 1.84. The highest BCUT2D eigenvalue weighted by atomic mass is 35.5. The quantitative estimate of drug-likeness (QED) is 0.580. The van der Waals surface area contributed by atoms with Crippen molar-refractivity contribution in [2.75, 3.05) is 10.6 Å². The summed E-state index contributed by atoms with van der Waals surface area (Å²) in [5.41, 5.74) is 3.87. The number of nitrogens with one attached hydrogen (secondary N) is 2. The minimum atomic E-state index is -0.252. The molecule has 1 amide bonds. The fraction of sp³-hybridized carbons (Fsp3) is 0.150. The maximum Gasteiger partial charge on any atom is 0.255 e. The number of anilines is 3. The number of hydrogen-bond acceptors (Lipinski definition) is 4. The van der Waals surface area contributed by atoms with E-state index < -0.39 is 0 Å². The van der Waals surface area contributed by atoms with E-state index in [1.165, 1.54) is 6.33 Å². The molecule has 5 nitrogen and oxygen atoms in total. The van der Waals surface area contributed by atoms with Gasteiger partial charge in [0.25, 0.3) is 5.91 Å². The molecule has 3 rings (SSSR count). The maximum atomic E-state index is 12.6. The van der Waals surface area contributed by atoms with Gasteiger partial charge in [-0.25, -0.2) is 9.97 Å². The monoisotopic (exact) mass is 400 g/mol. The SMILES string of the molecule is CCc1ccc(Nc2cc(C)ncn2)cc1NC(=O)c1ccc(Cl)c(Cl)c1. The van der Waals surface area contributed by atoms with Crippen LogP contribution in [0.1, 0.15) is 28.5 Å². The number of aryl methyl sites for hydroxylation is 2. The lowest BCUT2D eigenvalue weighted by molar-refractivity contribution is 0.102. The summed E-state index contributed by atoms with van der Waals surface area (Å²) in [4.78, 5) is 20.9. The second-order valence-electron chi connectivity index (χ2n) is 5.98. The summed E-state index contributed by atoms with van der Waals surface area (Å²) in [7, 11) is 0. The van der Waals surface area contributed by atoms with Gasteiger partial charge in [-0.2, -0.15) is 0 Å². The van der Waals surface area contributed by atoms with Crippen molar-refractivity contribution in [3.63, 3.8) is 0 Å². The van der Waals surface area contributed by atoms with E-state index in [-0.39, 0.29) is 5.91 Å². The summed E-state index contributed by atoms with van der Waals surface area (Å²) >= 11 is 11.9. The van der Waals surface area contributed by atoms with Gasteiger partial charge >= 0.3 is 0 Å². The Kier molecular flexibility index (Phi) is 5.94. The molecule has 0 saturated heterocycles. The fourth-order valence-electron chi connectivity index (χ4n) is 2.58. The van der Waals surface area contributed by atoms with Gasteiger partial charge in [-0.1, -0.05) is 36.2 Å². The van der Waals surface area contributed by atoms with Crippen LogP contribution in [0.2, 0.25) is 10.0 Å².